The van der Waals surface area contributed by atoms with Gasteiger partial charge in [0.15, 0.2) is 5.60 Å². The summed E-state index contributed by atoms with van der Waals surface area (Å²) < 4.78 is 5.43. The lowest BCUT2D eigenvalue weighted by atomic mass is 9.89. The van der Waals surface area contributed by atoms with E-state index >= 15 is 0 Å². The number of ether oxygens (including phenoxy) is 1. The molecule has 3 aromatic rings. The van der Waals surface area contributed by atoms with Crippen LogP contribution >= 0.6 is 0 Å². The fraction of sp³-hybridized carbons (Fsp3) is 0.240. The lowest BCUT2D eigenvalue weighted by molar-refractivity contribution is -0.158. The molecule has 3 nitrogen and oxygen atoms in total. The molecular formula is C25H24O3. The van der Waals surface area contributed by atoms with E-state index in [1.165, 1.54) is 0 Å². The molecule has 28 heavy (non-hydrogen) atoms. The Hall–Kier alpha value is -3.09. The third-order valence-electron chi connectivity index (χ3n) is 4.23. The highest BCUT2D eigenvalue weighted by atomic mass is 16.6. The number of fused-ring (bicyclic) bond motifs is 1. The van der Waals surface area contributed by atoms with Gasteiger partial charge < -0.3 is 9.84 Å². The van der Waals surface area contributed by atoms with Gasteiger partial charge >= 0.3 is 5.97 Å². The normalized spacial score (nSPS) is 13.3. The Labute approximate surface area is 166 Å². The van der Waals surface area contributed by atoms with Crippen molar-refractivity contribution in [3.05, 3.63) is 83.9 Å². The van der Waals surface area contributed by atoms with Gasteiger partial charge in [-0.3, -0.25) is 4.79 Å². The minimum atomic E-state index is -1.65. The van der Waals surface area contributed by atoms with Gasteiger partial charge in [-0.2, -0.15) is 0 Å². The zero-order valence-corrected chi connectivity index (χ0v) is 16.4. The SMILES string of the molecule is CC(C)(C)OC(=O)C[C@](O)(C#Cc1ccccc1)c1ccc2ccccc2c1. The molecular weight excluding hydrogens is 348 g/mol. The van der Waals surface area contributed by atoms with Crippen molar-refractivity contribution in [2.45, 2.75) is 38.4 Å². The van der Waals surface area contributed by atoms with Crippen LogP contribution in [0.25, 0.3) is 10.8 Å². The lowest BCUT2D eigenvalue weighted by Gasteiger charge is -2.26. The molecule has 0 amide bonds. The highest BCUT2D eigenvalue weighted by Crippen LogP contribution is 2.29. The number of carbonyl (C=O) groups is 1. The highest BCUT2D eigenvalue weighted by Gasteiger charge is 2.33. The van der Waals surface area contributed by atoms with Crippen LogP contribution in [-0.2, 0) is 15.1 Å². The molecule has 142 valence electrons. The molecule has 0 saturated carbocycles. The number of hydrogen-bond donors (Lipinski definition) is 1. The standard InChI is InChI=1S/C25H24O3/c1-24(2,3)28-23(26)18-25(27,16-15-19-9-5-4-6-10-19)22-14-13-20-11-7-8-12-21(20)17-22/h4-14,17,27H,18H2,1-3H3/t25-/m1/s1. The summed E-state index contributed by atoms with van der Waals surface area (Å²) in [5, 5.41) is 13.4. The van der Waals surface area contributed by atoms with Gasteiger partial charge in [0.25, 0.3) is 0 Å². The van der Waals surface area contributed by atoms with Crippen molar-refractivity contribution < 1.29 is 14.6 Å². The molecule has 3 rings (SSSR count). The van der Waals surface area contributed by atoms with Gasteiger partial charge in [0.05, 0.1) is 6.42 Å². The molecule has 0 radical (unpaired) electrons. The van der Waals surface area contributed by atoms with Gasteiger partial charge in [0.1, 0.15) is 5.60 Å². The summed E-state index contributed by atoms with van der Waals surface area (Å²) in [5.74, 6) is 5.41. The summed E-state index contributed by atoms with van der Waals surface area (Å²) in [7, 11) is 0. The third kappa shape index (κ3) is 5.00. The van der Waals surface area contributed by atoms with Crippen molar-refractivity contribution >= 4 is 16.7 Å². The Kier molecular flexibility index (Phi) is 5.53. The van der Waals surface area contributed by atoms with Crippen molar-refractivity contribution in [3.63, 3.8) is 0 Å². The molecule has 0 aliphatic rings. The Morgan fingerprint density at radius 2 is 1.57 bits per heavy atom. The Balaban J connectivity index is 2.02. The van der Waals surface area contributed by atoms with E-state index in [-0.39, 0.29) is 6.42 Å². The summed E-state index contributed by atoms with van der Waals surface area (Å²) in [5.41, 5.74) is -0.942. The van der Waals surface area contributed by atoms with Crippen LogP contribution in [0.4, 0.5) is 0 Å². The highest BCUT2D eigenvalue weighted by molar-refractivity contribution is 5.84. The Morgan fingerprint density at radius 1 is 0.929 bits per heavy atom. The quantitative estimate of drug-likeness (QED) is 0.530. The maximum atomic E-state index is 12.5. The van der Waals surface area contributed by atoms with E-state index in [9.17, 15) is 9.90 Å². The molecule has 0 heterocycles. The van der Waals surface area contributed by atoms with Crippen molar-refractivity contribution in [2.24, 2.45) is 0 Å². The monoisotopic (exact) mass is 372 g/mol. The molecule has 3 heteroatoms. The second kappa shape index (κ2) is 7.88. The first-order valence-electron chi connectivity index (χ1n) is 9.27. The van der Waals surface area contributed by atoms with Gasteiger partial charge in [0.2, 0.25) is 0 Å². The number of aliphatic hydroxyl groups is 1. The summed E-state index contributed by atoms with van der Waals surface area (Å²) in [6.45, 7) is 5.40. The zero-order valence-electron chi connectivity index (χ0n) is 16.4. The maximum absolute atomic E-state index is 12.5. The van der Waals surface area contributed by atoms with Crippen LogP contribution in [0.1, 0.15) is 38.3 Å². The second-order valence-electron chi connectivity index (χ2n) is 7.80. The minimum Gasteiger partial charge on any atom is -0.460 e. The van der Waals surface area contributed by atoms with Crippen LogP contribution < -0.4 is 0 Å². The van der Waals surface area contributed by atoms with Crippen molar-refractivity contribution in [1.29, 1.82) is 0 Å². The Morgan fingerprint density at radius 3 is 2.25 bits per heavy atom. The van der Waals surface area contributed by atoms with Gasteiger partial charge in [-0.1, -0.05) is 66.4 Å². The summed E-state index contributed by atoms with van der Waals surface area (Å²) in [4.78, 5) is 12.5. The van der Waals surface area contributed by atoms with Gasteiger partial charge in [-0.25, -0.2) is 0 Å². The van der Waals surface area contributed by atoms with E-state index in [4.69, 9.17) is 4.74 Å². The van der Waals surface area contributed by atoms with Crippen molar-refractivity contribution in [2.75, 3.05) is 0 Å². The van der Waals surface area contributed by atoms with Gasteiger partial charge in [-0.05, 0) is 55.3 Å². The maximum Gasteiger partial charge on any atom is 0.310 e. The predicted molar refractivity (Wildman–Crippen MR) is 112 cm³/mol. The van der Waals surface area contributed by atoms with Crippen LogP contribution in [0.3, 0.4) is 0 Å². The smallest absolute Gasteiger partial charge is 0.310 e. The average Bonchev–Trinajstić information content (AvgIpc) is 2.65. The number of hydrogen-bond acceptors (Lipinski definition) is 3. The van der Waals surface area contributed by atoms with Gasteiger partial charge in [0, 0.05) is 5.56 Å². The van der Waals surface area contributed by atoms with Crippen molar-refractivity contribution in [1.82, 2.24) is 0 Å². The van der Waals surface area contributed by atoms with E-state index in [0.29, 0.717) is 5.56 Å². The van der Waals surface area contributed by atoms with Crippen LogP contribution in [0.5, 0.6) is 0 Å². The third-order valence-corrected chi connectivity index (χ3v) is 4.23. The second-order valence-corrected chi connectivity index (χ2v) is 7.80. The van der Waals surface area contributed by atoms with E-state index in [1.807, 2.05) is 72.8 Å². The van der Waals surface area contributed by atoms with E-state index in [2.05, 4.69) is 11.8 Å². The van der Waals surface area contributed by atoms with Crippen LogP contribution in [0.2, 0.25) is 0 Å². The molecule has 0 saturated heterocycles. The molecule has 0 aliphatic heterocycles. The molecule has 1 N–H and O–H groups in total. The molecule has 0 bridgehead atoms. The number of carbonyl (C=O) groups excluding carboxylic acids is 1. The average molecular weight is 372 g/mol. The van der Waals surface area contributed by atoms with Crippen LogP contribution in [0, 0.1) is 11.8 Å². The first kappa shape index (κ1) is 19.7. The molecule has 0 aromatic heterocycles. The molecule has 0 unspecified atom stereocenters. The number of esters is 1. The predicted octanol–water partition coefficient (Wildman–Crippen LogP) is 4.81. The summed E-state index contributed by atoms with van der Waals surface area (Å²) in [6, 6.07) is 22.9. The minimum absolute atomic E-state index is 0.248. The number of rotatable bonds is 3. The van der Waals surface area contributed by atoms with Crippen molar-refractivity contribution in [3.8, 4) is 11.8 Å². The molecule has 1 atom stereocenters. The van der Waals surface area contributed by atoms with Crippen LogP contribution in [0.15, 0.2) is 72.8 Å². The summed E-state index contributed by atoms with van der Waals surface area (Å²) >= 11 is 0. The molecule has 0 fully saturated rings. The fourth-order valence-electron chi connectivity index (χ4n) is 2.95. The molecule has 0 spiro atoms. The van der Waals surface area contributed by atoms with E-state index in [0.717, 1.165) is 16.3 Å². The Bertz CT molecular complexity index is 1040. The number of benzene rings is 3. The zero-order chi connectivity index (χ0) is 20.2. The van der Waals surface area contributed by atoms with Crippen LogP contribution in [-0.4, -0.2) is 16.7 Å². The first-order chi connectivity index (χ1) is 13.3. The van der Waals surface area contributed by atoms with E-state index in [1.54, 1.807) is 20.8 Å². The largest absolute Gasteiger partial charge is 0.460 e. The fourth-order valence-corrected chi connectivity index (χ4v) is 2.95. The molecule has 0 aliphatic carbocycles. The van der Waals surface area contributed by atoms with E-state index < -0.39 is 17.2 Å². The summed E-state index contributed by atoms with van der Waals surface area (Å²) in [6.07, 6.45) is -0.248. The topological polar surface area (TPSA) is 46.5 Å². The molecule has 3 aromatic carbocycles. The first-order valence-corrected chi connectivity index (χ1v) is 9.27. The lowest BCUT2D eigenvalue weighted by Crippen LogP contribution is -2.32. The van der Waals surface area contributed by atoms with Gasteiger partial charge in [-0.15, -0.1) is 0 Å².